The molecular formula is C15H24N2. The molecule has 2 heteroatoms. The predicted molar refractivity (Wildman–Crippen MR) is 74.9 cm³/mol. The number of hydrogen-bond acceptors (Lipinski definition) is 2. The molecule has 1 aromatic carbocycles. The minimum atomic E-state index is 1.13. The molecule has 17 heavy (non-hydrogen) atoms. The smallest absolute Gasteiger partial charge is 0.0399 e. The van der Waals surface area contributed by atoms with Crippen LogP contribution >= 0.6 is 0 Å². The van der Waals surface area contributed by atoms with Gasteiger partial charge >= 0.3 is 0 Å². The Kier molecular flexibility index (Phi) is 4.06. The number of rotatable bonds is 3. The highest BCUT2D eigenvalue weighted by atomic mass is 15.2. The lowest BCUT2D eigenvalue weighted by Gasteiger charge is -2.35. The first-order valence-corrected chi connectivity index (χ1v) is 6.80. The van der Waals surface area contributed by atoms with Crippen LogP contribution in [0.25, 0.3) is 0 Å². The van der Waals surface area contributed by atoms with Crippen LogP contribution in [0.15, 0.2) is 18.2 Å². The van der Waals surface area contributed by atoms with Crippen LogP contribution in [0.4, 0.5) is 5.69 Å². The number of hydrogen-bond donors (Lipinski definition) is 0. The van der Waals surface area contributed by atoms with Crippen LogP contribution in [0, 0.1) is 0 Å². The summed E-state index contributed by atoms with van der Waals surface area (Å²) in [5.41, 5.74) is 4.42. The van der Waals surface area contributed by atoms with Crippen molar-refractivity contribution in [2.75, 3.05) is 38.1 Å². The maximum absolute atomic E-state index is 2.54. The Bertz CT molecular complexity index is 365. The highest BCUT2D eigenvalue weighted by Gasteiger charge is 2.16. The van der Waals surface area contributed by atoms with E-state index in [9.17, 15) is 0 Å². The van der Waals surface area contributed by atoms with Crippen molar-refractivity contribution < 1.29 is 0 Å². The molecule has 1 heterocycles. The third kappa shape index (κ3) is 2.81. The van der Waals surface area contributed by atoms with E-state index in [1.165, 1.54) is 29.9 Å². The predicted octanol–water partition coefficient (Wildman–Crippen LogP) is 2.56. The summed E-state index contributed by atoms with van der Waals surface area (Å²) < 4.78 is 0. The number of piperazine rings is 1. The second-order valence-electron chi connectivity index (χ2n) is 4.96. The topological polar surface area (TPSA) is 6.48 Å². The zero-order valence-corrected chi connectivity index (χ0v) is 11.4. The maximum atomic E-state index is 2.54. The molecule has 0 unspecified atom stereocenters. The average molecular weight is 232 g/mol. The lowest BCUT2D eigenvalue weighted by atomic mass is 10.0. The fraction of sp³-hybridized carbons (Fsp3) is 0.600. The second-order valence-corrected chi connectivity index (χ2v) is 4.96. The van der Waals surface area contributed by atoms with Crippen molar-refractivity contribution in [2.24, 2.45) is 0 Å². The Labute approximate surface area is 105 Å². The highest BCUT2D eigenvalue weighted by molar-refractivity contribution is 5.55. The molecule has 2 rings (SSSR count). The van der Waals surface area contributed by atoms with E-state index in [0.29, 0.717) is 0 Å². The molecule has 0 aliphatic carbocycles. The van der Waals surface area contributed by atoms with Gasteiger partial charge in [0.05, 0.1) is 0 Å². The third-order valence-electron chi connectivity index (χ3n) is 3.78. The van der Waals surface area contributed by atoms with Gasteiger partial charge in [0.15, 0.2) is 0 Å². The molecule has 0 bridgehead atoms. The van der Waals surface area contributed by atoms with E-state index < -0.39 is 0 Å². The fourth-order valence-electron chi connectivity index (χ4n) is 2.50. The number of benzene rings is 1. The standard InChI is InChI=1S/C15H24N2/c1-4-13-6-7-15(14(5-2)12-13)17-10-8-16(3)9-11-17/h6-7,12H,4-5,8-11H2,1-3H3. The molecule has 0 saturated carbocycles. The van der Waals surface area contributed by atoms with Gasteiger partial charge in [-0.05, 0) is 37.1 Å². The molecule has 2 nitrogen and oxygen atoms in total. The second kappa shape index (κ2) is 5.54. The lowest BCUT2D eigenvalue weighted by Crippen LogP contribution is -2.44. The zero-order chi connectivity index (χ0) is 12.3. The molecule has 0 aromatic heterocycles. The van der Waals surface area contributed by atoms with Crippen molar-refractivity contribution in [3.8, 4) is 0 Å². The number of aryl methyl sites for hydroxylation is 2. The highest BCUT2D eigenvalue weighted by Crippen LogP contribution is 2.24. The SMILES string of the molecule is CCc1ccc(N2CCN(C)CC2)c(CC)c1. The minimum Gasteiger partial charge on any atom is -0.369 e. The van der Waals surface area contributed by atoms with Crippen LogP contribution in [0.3, 0.4) is 0 Å². The Morgan fingerprint density at radius 3 is 2.29 bits per heavy atom. The molecule has 0 spiro atoms. The number of anilines is 1. The van der Waals surface area contributed by atoms with Crippen molar-refractivity contribution >= 4 is 5.69 Å². The minimum absolute atomic E-state index is 1.13. The Balaban J connectivity index is 2.19. The normalized spacial score (nSPS) is 17.5. The summed E-state index contributed by atoms with van der Waals surface area (Å²) in [6.07, 6.45) is 2.27. The Hall–Kier alpha value is -1.02. The molecule has 0 N–H and O–H groups in total. The van der Waals surface area contributed by atoms with Crippen LogP contribution in [-0.2, 0) is 12.8 Å². The van der Waals surface area contributed by atoms with Crippen LogP contribution in [0.5, 0.6) is 0 Å². The summed E-state index contributed by atoms with van der Waals surface area (Å²) in [6.45, 7) is 9.17. The van der Waals surface area contributed by atoms with Gasteiger partial charge in [-0.1, -0.05) is 26.0 Å². The van der Waals surface area contributed by atoms with Crippen molar-refractivity contribution in [1.29, 1.82) is 0 Å². The molecule has 0 atom stereocenters. The van der Waals surface area contributed by atoms with Gasteiger partial charge in [-0.2, -0.15) is 0 Å². The molecule has 1 aliphatic heterocycles. The summed E-state index contributed by atoms with van der Waals surface area (Å²) in [6, 6.07) is 6.99. The van der Waals surface area contributed by atoms with Gasteiger partial charge in [0.25, 0.3) is 0 Å². The fourth-order valence-corrected chi connectivity index (χ4v) is 2.50. The first kappa shape index (κ1) is 12.4. The molecule has 1 aromatic rings. The molecule has 1 fully saturated rings. The van der Waals surface area contributed by atoms with E-state index in [-0.39, 0.29) is 0 Å². The van der Waals surface area contributed by atoms with Gasteiger partial charge in [-0.3, -0.25) is 0 Å². The summed E-state index contributed by atoms with van der Waals surface area (Å²) >= 11 is 0. The van der Waals surface area contributed by atoms with E-state index >= 15 is 0 Å². The van der Waals surface area contributed by atoms with Crippen molar-refractivity contribution in [1.82, 2.24) is 4.90 Å². The van der Waals surface area contributed by atoms with Gasteiger partial charge < -0.3 is 9.80 Å². The summed E-state index contributed by atoms with van der Waals surface area (Å²) in [7, 11) is 2.21. The quantitative estimate of drug-likeness (QED) is 0.790. The van der Waals surface area contributed by atoms with E-state index in [1.807, 2.05) is 0 Å². The van der Waals surface area contributed by atoms with Gasteiger partial charge in [0.2, 0.25) is 0 Å². The van der Waals surface area contributed by atoms with Gasteiger partial charge in [0, 0.05) is 31.9 Å². The molecule has 0 amide bonds. The van der Waals surface area contributed by atoms with Gasteiger partial charge in [-0.25, -0.2) is 0 Å². The number of nitrogens with zero attached hydrogens (tertiary/aromatic N) is 2. The zero-order valence-electron chi connectivity index (χ0n) is 11.4. The van der Waals surface area contributed by atoms with E-state index in [4.69, 9.17) is 0 Å². The van der Waals surface area contributed by atoms with Crippen molar-refractivity contribution in [3.05, 3.63) is 29.3 Å². The Morgan fingerprint density at radius 2 is 1.71 bits per heavy atom. The molecular weight excluding hydrogens is 208 g/mol. The summed E-state index contributed by atoms with van der Waals surface area (Å²) in [5.74, 6) is 0. The third-order valence-corrected chi connectivity index (χ3v) is 3.78. The largest absolute Gasteiger partial charge is 0.369 e. The summed E-state index contributed by atoms with van der Waals surface area (Å²) in [5, 5.41) is 0. The summed E-state index contributed by atoms with van der Waals surface area (Å²) in [4.78, 5) is 4.95. The van der Waals surface area contributed by atoms with Gasteiger partial charge in [-0.15, -0.1) is 0 Å². The van der Waals surface area contributed by atoms with Crippen LogP contribution in [0.1, 0.15) is 25.0 Å². The first-order valence-electron chi connectivity index (χ1n) is 6.80. The Morgan fingerprint density at radius 1 is 1.00 bits per heavy atom. The lowest BCUT2D eigenvalue weighted by molar-refractivity contribution is 0.312. The monoisotopic (exact) mass is 232 g/mol. The van der Waals surface area contributed by atoms with E-state index in [0.717, 1.165) is 25.9 Å². The molecule has 0 radical (unpaired) electrons. The van der Waals surface area contributed by atoms with Crippen molar-refractivity contribution in [3.63, 3.8) is 0 Å². The van der Waals surface area contributed by atoms with Crippen LogP contribution in [-0.4, -0.2) is 38.1 Å². The number of likely N-dealkylation sites (N-methyl/N-ethyl adjacent to an activating group) is 1. The van der Waals surface area contributed by atoms with Gasteiger partial charge in [0.1, 0.15) is 0 Å². The van der Waals surface area contributed by atoms with E-state index in [1.54, 1.807) is 0 Å². The molecule has 1 saturated heterocycles. The van der Waals surface area contributed by atoms with Crippen LogP contribution < -0.4 is 4.90 Å². The maximum Gasteiger partial charge on any atom is 0.0399 e. The molecule has 1 aliphatic rings. The molecule has 94 valence electrons. The van der Waals surface area contributed by atoms with Crippen LogP contribution in [0.2, 0.25) is 0 Å². The average Bonchev–Trinajstić information content (AvgIpc) is 2.39. The van der Waals surface area contributed by atoms with E-state index in [2.05, 4.69) is 48.9 Å². The first-order chi connectivity index (χ1) is 8.24. The van der Waals surface area contributed by atoms with Crippen molar-refractivity contribution in [2.45, 2.75) is 26.7 Å².